The van der Waals surface area contributed by atoms with Crippen LogP contribution in [-0.2, 0) is 11.3 Å². The Morgan fingerprint density at radius 2 is 2.42 bits per heavy atom. The lowest BCUT2D eigenvalue weighted by molar-refractivity contribution is 0.183. The van der Waals surface area contributed by atoms with E-state index in [-0.39, 0.29) is 5.15 Å². The lowest BCUT2D eigenvalue weighted by atomic mass is 10.3. The first-order chi connectivity index (χ1) is 5.66. The van der Waals surface area contributed by atoms with Gasteiger partial charge in [-0.1, -0.05) is 11.6 Å². The number of hydrogen-bond donors (Lipinski definition) is 0. The van der Waals surface area contributed by atoms with Gasteiger partial charge in [-0.05, 0) is 22.6 Å². The zero-order chi connectivity index (χ0) is 9.14. The molecule has 0 bridgehead atoms. The van der Waals surface area contributed by atoms with Gasteiger partial charge in [0.1, 0.15) is 0 Å². The molecule has 0 fully saturated rings. The summed E-state index contributed by atoms with van der Waals surface area (Å²) in [5, 5.41) is -0.0979. The Bertz CT molecular complexity index is 295. The van der Waals surface area contributed by atoms with E-state index in [0.717, 1.165) is 0 Å². The number of halogens is 3. The summed E-state index contributed by atoms with van der Waals surface area (Å²) in [6, 6.07) is 0. The summed E-state index contributed by atoms with van der Waals surface area (Å²) in [5.74, 6) is -0.480. The van der Waals surface area contributed by atoms with E-state index in [1.807, 2.05) is 22.6 Å². The van der Waals surface area contributed by atoms with E-state index < -0.39 is 5.82 Å². The number of nitrogens with zero attached hydrogens (tertiary/aromatic N) is 1. The fourth-order valence-corrected chi connectivity index (χ4v) is 1.59. The van der Waals surface area contributed by atoms with Gasteiger partial charge >= 0.3 is 0 Å². The van der Waals surface area contributed by atoms with Crippen LogP contribution >= 0.6 is 34.2 Å². The van der Waals surface area contributed by atoms with Crippen LogP contribution in [0.4, 0.5) is 4.39 Å². The van der Waals surface area contributed by atoms with Crippen molar-refractivity contribution in [2.24, 2.45) is 0 Å². The van der Waals surface area contributed by atoms with Gasteiger partial charge in [-0.25, -0.2) is 9.37 Å². The van der Waals surface area contributed by atoms with Crippen molar-refractivity contribution in [2.75, 3.05) is 7.11 Å². The maximum absolute atomic E-state index is 13.1. The van der Waals surface area contributed by atoms with E-state index in [0.29, 0.717) is 15.7 Å². The van der Waals surface area contributed by atoms with Gasteiger partial charge < -0.3 is 4.74 Å². The molecule has 66 valence electrons. The van der Waals surface area contributed by atoms with Crippen molar-refractivity contribution in [3.8, 4) is 0 Å². The normalized spacial score (nSPS) is 10.3. The molecule has 0 N–H and O–H groups in total. The van der Waals surface area contributed by atoms with Gasteiger partial charge in [0, 0.05) is 18.9 Å². The molecule has 1 rings (SSSR count). The molecule has 5 heteroatoms. The molecule has 2 nitrogen and oxygen atoms in total. The molecule has 0 aromatic carbocycles. The van der Waals surface area contributed by atoms with Crippen LogP contribution < -0.4 is 0 Å². The zero-order valence-electron chi connectivity index (χ0n) is 6.27. The SMILES string of the molecule is COCc1cnc(Cl)c(F)c1I. The Hall–Kier alpha value is 0.0600. The molecule has 0 radical (unpaired) electrons. The van der Waals surface area contributed by atoms with E-state index in [2.05, 4.69) is 4.98 Å². The smallest absolute Gasteiger partial charge is 0.174 e. The average molecular weight is 301 g/mol. The van der Waals surface area contributed by atoms with Crippen LogP contribution in [-0.4, -0.2) is 12.1 Å². The molecule has 12 heavy (non-hydrogen) atoms. The Kier molecular flexibility index (Phi) is 3.67. The van der Waals surface area contributed by atoms with Gasteiger partial charge in [-0.2, -0.15) is 0 Å². The summed E-state index contributed by atoms with van der Waals surface area (Å²) >= 11 is 7.33. The Morgan fingerprint density at radius 1 is 1.75 bits per heavy atom. The lowest BCUT2D eigenvalue weighted by Crippen LogP contribution is -1.97. The molecule has 0 saturated heterocycles. The molecule has 0 unspecified atom stereocenters. The quantitative estimate of drug-likeness (QED) is 0.619. The lowest BCUT2D eigenvalue weighted by Gasteiger charge is -2.03. The van der Waals surface area contributed by atoms with E-state index >= 15 is 0 Å². The third-order valence-corrected chi connectivity index (χ3v) is 2.72. The van der Waals surface area contributed by atoms with Crippen molar-refractivity contribution in [1.82, 2.24) is 4.98 Å². The Labute approximate surface area is 88.2 Å². The first-order valence-corrected chi connectivity index (χ1v) is 4.59. The van der Waals surface area contributed by atoms with Gasteiger partial charge in [-0.3, -0.25) is 0 Å². The number of methoxy groups -OCH3 is 1. The third kappa shape index (κ3) is 2.05. The second-order valence-corrected chi connectivity index (χ2v) is 3.57. The fraction of sp³-hybridized carbons (Fsp3) is 0.286. The number of aromatic nitrogens is 1. The predicted octanol–water partition coefficient (Wildman–Crippen LogP) is 2.63. The minimum atomic E-state index is -0.480. The molecule has 0 aliphatic heterocycles. The Balaban J connectivity index is 3.08. The van der Waals surface area contributed by atoms with Crippen LogP contribution in [0.2, 0.25) is 5.15 Å². The standard InChI is InChI=1S/C7H6ClFINO/c1-12-3-4-2-11-7(8)5(9)6(4)10/h2H,3H2,1H3. The maximum atomic E-state index is 13.1. The first kappa shape index (κ1) is 10.1. The van der Waals surface area contributed by atoms with Crippen molar-refractivity contribution < 1.29 is 9.13 Å². The highest BCUT2D eigenvalue weighted by Crippen LogP contribution is 2.21. The third-order valence-electron chi connectivity index (χ3n) is 1.29. The highest BCUT2D eigenvalue weighted by molar-refractivity contribution is 14.1. The molecule has 1 aromatic heterocycles. The fourth-order valence-electron chi connectivity index (χ4n) is 0.736. The Morgan fingerprint density at radius 3 is 3.00 bits per heavy atom. The highest BCUT2D eigenvalue weighted by atomic mass is 127. The minimum absolute atomic E-state index is 0.0979. The molecular formula is C7H6ClFINO. The van der Waals surface area contributed by atoms with Gasteiger partial charge in [0.2, 0.25) is 0 Å². The summed E-state index contributed by atoms with van der Waals surface area (Å²) < 4.78 is 18.4. The zero-order valence-corrected chi connectivity index (χ0v) is 9.19. The number of pyridine rings is 1. The van der Waals surface area contributed by atoms with E-state index in [1.165, 1.54) is 6.20 Å². The van der Waals surface area contributed by atoms with Crippen LogP contribution in [0.5, 0.6) is 0 Å². The van der Waals surface area contributed by atoms with Crippen molar-refractivity contribution in [2.45, 2.75) is 6.61 Å². The predicted molar refractivity (Wildman–Crippen MR) is 52.6 cm³/mol. The topological polar surface area (TPSA) is 22.1 Å². The van der Waals surface area contributed by atoms with Crippen molar-refractivity contribution in [3.05, 3.63) is 26.3 Å². The number of ether oxygens (including phenoxy) is 1. The molecular weight excluding hydrogens is 295 g/mol. The molecule has 0 atom stereocenters. The molecule has 0 amide bonds. The molecule has 0 aliphatic carbocycles. The summed E-state index contributed by atoms with van der Waals surface area (Å²) in [5.41, 5.74) is 0.708. The van der Waals surface area contributed by atoms with Crippen LogP contribution in [0.25, 0.3) is 0 Å². The van der Waals surface area contributed by atoms with Gasteiger partial charge in [0.25, 0.3) is 0 Å². The second-order valence-electron chi connectivity index (χ2n) is 2.14. The van der Waals surface area contributed by atoms with Crippen molar-refractivity contribution >= 4 is 34.2 Å². The number of hydrogen-bond acceptors (Lipinski definition) is 2. The van der Waals surface area contributed by atoms with E-state index in [9.17, 15) is 4.39 Å². The summed E-state index contributed by atoms with van der Waals surface area (Å²) in [4.78, 5) is 3.66. The summed E-state index contributed by atoms with van der Waals surface area (Å²) in [7, 11) is 1.54. The van der Waals surface area contributed by atoms with Gasteiger partial charge in [-0.15, -0.1) is 0 Å². The monoisotopic (exact) mass is 301 g/mol. The van der Waals surface area contributed by atoms with Gasteiger partial charge in [0.15, 0.2) is 11.0 Å². The number of rotatable bonds is 2. The largest absolute Gasteiger partial charge is 0.380 e. The van der Waals surface area contributed by atoms with E-state index in [1.54, 1.807) is 7.11 Å². The molecule has 0 aliphatic rings. The summed E-state index contributed by atoms with van der Waals surface area (Å²) in [6.07, 6.45) is 1.51. The molecule has 1 heterocycles. The molecule has 0 saturated carbocycles. The van der Waals surface area contributed by atoms with Crippen LogP contribution in [0.3, 0.4) is 0 Å². The minimum Gasteiger partial charge on any atom is -0.380 e. The van der Waals surface area contributed by atoms with Crippen LogP contribution in [0.15, 0.2) is 6.20 Å². The highest BCUT2D eigenvalue weighted by Gasteiger charge is 2.10. The van der Waals surface area contributed by atoms with Crippen molar-refractivity contribution in [3.63, 3.8) is 0 Å². The summed E-state index contributed by atoms with van der Waals surface area (Å²) in [6.45, 7) is 0.347. The average Bonchev–Trinajstić information content (AvgIpc) is 2.07. The second kappa shape index (κ2) is 4.34. The van der Waals surface area contributed by atoms with Crippen LogP contribution in [0.1, 0.15) is 5.56 Å². The van der Waals surface area contributed by atoms with Gasteiger partial charge in [0.05, 0.1) is 10.2 Å². The van der Waals surface area contributed by atoms with Crippen molar-refractivity contribution in [1.29, 1.82) is 0 Å². The molecule has 1 aromatic rings. The van der Waals surface area contributed by atoms with Crippen LogP contribution in [0, 0.1) is 9.39 Å². The maximum Gasteiger partial charge on any atom is 0.174 e. The van der Waals surface area contributed by atoms with E-state index in [4.69, 9.17) is 16.3 Å². The first-order valence-electron chi connectivity index (χ1n) is 3.14. The molecule has 0 spiro atoms.